The van der Waals surface area contributed by atoms with Crippen LogP contribution in [0.1, 0.15) is 32.1 Å². The predicted molar refractivity (Wildman–Crippen MR) is 111 cm³/mol. The Kier molecular flexibility index (Phi) is 7.40. The first-order valence-electron chi connectivity index (χ1n) is 10.2. The van der Waals surface area contributed by atoms with Gasteiger partial charge in [0, 0.05) is 13.1 Å². The van der Waals surface area contributed by atoms with Gasteiger partial charge in [0.15, 0.2) is 16.4 Å². The monoisotopic (exact) mass is 498 g/mol. The molecule has 1 amide bonds. The number of benzene rings is 1. The van der Waals surface area contributed by atoms with Crippen LogP contribution < -0.4 is 10.1 Å². The molecule has 0 radical (unpaired) electrons. The van der Waals surface area contributed by atoms with Crippen LogP contribution in [0.2, 0.25) is 0 Å². The van der Waals surface area contributed by atoms with E-state index in [0.717, 1.165) is 31.0 Å². The number of rotatable bonds is 6. The summed E-state index contributed by atoms with van der Waals surface area (Å²) in [6.45, 7) is -0.974. The summed E-state index contributed by atoms with van der Waals surface area (Å²) in [4.78, 5) is 12.4. The van der Waals surface area contributed by atoms with Gasteiger partial charge in [-0.3, -0.25) is 4.79 Å². The largest absolute Gasteiger partial charge is 0.482 e. The second-order valence-electron chi connectivity index (χ2n) is 7.97. The maximum Gasteiger partial charge on any atom is 0.422 e. The van der Waals surface area contributed by atoms with Crippen molar-refractivity contribution in [3.8, 4) is 5.75 Å². The number of nitrogens with zero attached hydrogens (tertiary/aromatic N) is 1. The van der Waals surface area contributed by atoms with Gasteiger partial charge in [0.2, 0.25) is 15.9 Å². The third-order valence-corrected chi connectivity index (χ3v) is 9.07. The number of amides is 1. The van der Waals surface area contributed by atoms with Crippen molar-refractivity contribution in [1.29, 1.82) is 0 Å². The lowest BCUT2D eigenvalue weighted by atomic mass is 10.1. The first-order valence-corrected chi connectivity index (χ1v) is 13.5. The fourth-order valence-corrected chi connectivity index (χ4v) is 7.01. The second-order valence-corrected chi connectivity index (χ2v) is 12.1. The number of alkyl halides is 3. The fraction of sp³-hybridized carbons (Fsp3) is 0.632. The molecule has 1 atom stereocenters. The zero-order valence-electron chi connectivity index (χ0n) is 17.2. The SMILES string of the molecule is O=C(Nc1cc(S(=O)(=O)N2CCCCCC2)ccc1OCC(F)(F)F)[C@H]1CCS(=O)(=O)C1. The summed E-state index contributed by atoms with van der Waals surface area (Å²) in [6.07, 6.45) is -1.35. The van der Waals surface area contributed by atoms with Crippen molar-refractivity contribution in [3.63, 3.8) is 0 Å². The van der Waals surface area contributed by atoms with Crippen molar-refractivity contribution < 1.29 is 39.5 Å². The van der Waals surface area contributed by atoms with Gasteiger partial charge >= 0.3 is 6.18 Å². The van der Waals surface area contributed by atoms with Crippen LogP contribution in [0.15, 0.2) is 23.1 Å². The number of nitrogens with one attached hydrogen (secondary N) is 1. The van der Waals surface area contributed by atoms with Gasteiger partial charge in [-0.2, -0.15) is 17.5 Å². The summed E-state index contributed by atoms with van der Waals surface area (Å²) in [7, 11) is -7.30. The molecule has 8 nitrogen and oxygen atoms in total. The van der Waals surface area contributed by atoms with E-state index >= 15 is 0 Å². The zero-order valence-corrected chi connectivity index (χ0v) is 18.9. The van der Waals surface area contributed by atoms with E-state index in [4.69, 9.17) is 4.74 Å². The lowest BCUT2D eigenvalue weighted by Crippen LogP contribution is -2.32. The molecule has 1 aromatic rings. The average molecular weight is 499 g/mol. The number of carbonyl (C=O) groups excluding carboxylic acids is 1. The molecule has 180 valence electrons. The first kappa shape index (κ1) is 24.8. The number of sulfonamides is 1. The number of anilines is 1. The highest BCUT2D eigenvalue weighted by atomic mass is 32.2. The standard InChI is InChI=1S/C19H25F3N2O6S2/c20-19(21,22)13-30-17-6-5-15(32(28,29)24-8-3-1-2-4-9-24)11-16(17)23-18(25)14-7-10-31(26,27)12-14/h5-6,11,14H,1-4,7-10,12-13H2,(H,23,25)/t14-/m0/s1. The topological polar surface area (TPSA) is 110 Å². The molecule has 0 saturated carbocycles. The molecule has 3 rings (SSSR count). The van der Waals surface area contributed by atoms with Gasteiger partial charge < -0.3 is 10.1 Å². The van der Waals surface area contributed by atoms with Crippen LogP contribution in [0, 0.1) is 5.92 Å². The Morgan fingerprint density at radius 3 is 2.38 bits per heavy atom. The third-order valence-electron chi connectivity index (χ3n) is 5.41. The predicted octanol–water partition coefficient (Wildman–Crippen LogP) is 2.57. The van der Waals surface area contributed by atoms with Crippen LogP contribution >= 0.6 is 0 Å². The minimum absolute atomic E-state index is 0.0820. The maximum absolute atomic E-state index is 13.1. The quantitative estimate of drug-likeness (QED) is 0.646. The van der Waals surface area contributed by atoms with E-state index in [9.17, 15) is 34.8 Å². The van der Waals surface area contributed by atoms with Crippen LogP contribution in [-0.4, -0.2) is 64.4 Å². The smallest absolute Gasteiger partial charge is 0.422 e. The van der Waals surface area contributed by atoms with Crippen molar-refractivity contribution >= 4 is 31.5 Å². The minimum Gasteiger partial charge on any atom is -0.482 e. The Morgan fingerprint density at radius 1 is 1.16 bits per heavy atom. The van der Waals surface area contributed by atoms with Gasteiger partial charge in [-0.15, -0.1) is 0 Å². The van der Waals surface area contributed by atoms with E-state index in [2.05, 4.69) is 5.32 Å². The van der Waals surface area contributed by atoms with Gasteiger partial charge in [0.1, 0.15) is 5.75 Å². The summed E-state index contributed by atoms with van der Waals surface area (Å²) in [5.74, 6) is -2.48. The summed E-state index contributed by atoms with van der Waals surface area (Å²) >= 11 is 0. The molecule has 2 aliphatic heterocycles. The van der Waals surface area contributed by atoms with E-state index in [-0.39, 0.29) is 34.3 Å². The lowest BCUT2D eigenvalue weighted by molar-refractivity contribution is -0.153. The minimum atomic E-state index is -4.64. The van der Waals surface area contributed by atoms with Gasteiger partial charge in [0.25, 0.3) is 0 Å². The normalized spacial score (nSPS) is 22.3. The fourth-order valence-electron chi connectivity index (χ4n) is 3.72. The first-order chi connectivity index (χ1) is 14.9. The molecule has 2 fully saturated rings. The van der Waals surface area contributed by atoms with E-state index in [1.165, 1.54) is 4.31 Å². The number of halogens is 3. The number of hydrogen-bond acceptors (Lipinski definition) is 6. The lowest BCUT2D eigenvalue weighted by Gasteiger charge is -2.21. The molecule has 0 bridgehead atoms. The van der Waals surface area contributed by atoms with Crippen molar-refractivity contribution in [2.45, 2.75) is 43.2 Å². The third kappa shape index (κ3) is 6.35. The number of hydrogen-bond donors (Lipinski definition) is 1. The van der Waals surface area contributed by atoms with Gasteiger partial charge in [0.05, 0.1) is 28.0 Å². The molecule has 1 N–H and O–H groups in total. The Bertz CT molecular complexity index is 1050. The molecular formula is C19H25F3N2O6S2. The molecule has 1 aromatic carbocycles. The maximum atomic E-state index is 13.1. The number of ether oxygens (including phenoxy) is 1. The molecule has 2 aliphatic rings. The van der Waals surface area contributed by atoms with Crippen molar-refractivity contribution in [2.75, 3.05) is 36.5 Å². The van der Waals surface area contributed by atoms with E-state index in [0.29, 0.717) is 25.9 Å². The Balaban J connectivity index is 1.89. The van der Waals surface area contributed by atoms with Crippen molar-refractivity contribution in [1.82, 2.24) is 4.31 Å². The molecule has 2 saturated heterocycles. The average Bonchev–Trinajstić information content (AvgIpc) is 2.90. The molecule has 0 spiro atoms. The van der Waals surface area contributed by atoms with Crippen LogP contribution in [-0.2, 0) is 24.7 Å². The van der Waals surface area contributed by atoms with Gasteiger partial charge in [-0.25, -0.2) is 16.8 Å². The number of carbonyl (C=O) groups is 1. The van der Waals surface area contributed by atoms with Crippen LogP contribution in [0.5, 0.6) is 5.75 Å². The van der Waals surface area contributed by atoms with Crippen LogP contribution in [0.4, 0.5) is 18.9 Å². The zero-order chi connectivity index (χ0) is 23.6. The van der Waals surface area contributed by atoms with Gasteiger partial charge in [-0.1, -0.05) is 12.8 Å². The summed E-state index contributed by atoms with van der Waals surface area (Å²) in [6, 6.07) is 3.27. The highest BCUT2D eigenvalue weighted by Crippen LogP contribution is 2.32. The van der Waals surface area contributed by atoms with E-state index in [1.54, 1.807) is 0 Å². The van der Waals surface area contributed by atoms with E-state index < -0.39 is 44.5 Å². The Labute approximate surface area is 185 Å². The molecule has 0 unspecified atom stereocenters. The summed E-state index contributed by atoms with van der Waals surface area (Å²) < 4.78 is 93.4. The molecule has 0 aromatic heterocycles. The Morgan fingerprint density at radius 2 is 1.81 bits per heavy atom. The molecule has 13 heteroatoms. The van der Waals surface area contributed by atoms with Gasteiger partial charge in [-0.05, 0) is 37.5 Å². The Hall–Kier alpha value is -1.86. The highest BCUT2D eigenvalue weighted by Gasteiger charge is 2.34. The second kappa shape index (κ2) is 9.56. The van der Waals surface area contributed by atoms with Crippen LogP contribution in [0.25, 0.3) is 0 Å². The molecule has 32 heavy (non-hydrogen) atoms. The molecule has 2 heterocycles. The number of sulfone groups is 1. The highest BCUT2D eigenvalue weighted by molar-refractivity contribution is 7.91. The van der Waals surface area contributed by atoms with E-state index in [1.807, 2.05) is 0 Å². The summed E-state index contributed by atoms with van der Waals surface area (Å²) in [5.41, 5.74) is -0.251. The van der Waals surface area contributed by atoms with Crippen molar-refractivity contribution in [2.24, 2.45) is 5.92 Å². The molecule has 0 aliphatic carbocycles. The van der Waals surface area contributed by atoms with Crippen molar-refractivity contribution in [3.05, 3.63) is 18.2 Å². The summed E-state index contributed by atoms with van der Waals surface area (Å²) in [5, 5.41) is 2.38. The van der Waals surface area contributed by atoms with Crippen LogP contribution in [0.3, 0.4) is 0 Å². The molecular weight excluding hydrogens is 473 g/mol.